The lowest BCUT2D eigenvalue weighted by Crippen LogP contribution is -2.44. The standard InChI is InChI=1S/C31H28N6O4S/c1-18-6-3-4-8-24(18)37(31(40)28-25(32)26(29(33)38)36-42-28)27(21-11-14-23-20(16-21)7-5-15-34-23)30(39)35-17-19-9-12-22(41-2)13-10-19/h3-16,27H,17,32H2,1-2H3,(H2,33,38)(H,35,39)/t27-/m0/s1. The van der Waals surface area contributed by atoms with Gasteiger partial charge in [-0.05, 0) is 71.5 Å². The quantitative estimate of drug-likeness (QED) is 0.234. The summed E-state index contributed by atoms with van der Waals surface area (Å²) < 4.78 is 9.25. The molecule has 42 heavy (non-hydrogen) atoms. The number of carbonyl (C=O) groups excluding carboxylic acids is 3. The van der Waals surface area contributed by atoms with Gasteiger partial charge < -0.3 is 21.5 Å². The van der Waals surface area contributed by atoms with Gasteiger partial charge in [0.2, 0.25) is 5.91 Å². The lowest BCUT2D eigenvalue weighted by atomic mass is 9.99. The van der Waals surface area contributed by atoms with E-state index in [1.807, 2.05) is 43.3 Å². The van der Waals surface area contributed by atoms with Crippen LogP contribution in [0.3, 0.4) is 0 Å². The molecule has 5 N–H and O–H groups in total. The van der Waals surface area contributed by atoms with E-state index < -0.39 is 23.8 Å². The predicted molar refractivity (Wildman–Crippen MR) is 162 cm³/mol. The van der Waals surface area contributed by atoms with Crippen molar-refractivity contribution >= 4 is 51.5 Å². The Labute approximate surface area is 246 Å². The van der Waals surface area contributed by atoms with E-state index in [4.69, 9.17) is 16.2 Å². The van der Waals surface area contributed by atoms with Crippen LogP contribution in [0.5, 0.6) is 5.75 Å². The zero-order valence-electron chi connectivity index (χ0n) is 22.9. The van der Waals surface area contributed by atoms with Gasteiger partial charge in [0.05, 0.1) is 18.3 Å². The number of ether oxygens (including phenoxy) is 1. The van der Waals surface area contributed by atoms with E-state index in [9.17, 15) is 14.4 Å². The molecule has 11 heteroatoms. The number of nitrogens with one attached hydrogen (secondary N) is 1. The molecule has 0 aliphatic rings. The molecule has 0 fully saturated rings. The highest BCUT2D eigenvalue weighted by molar-refractivity contribution is 7.09. The number of methoxy groups -OCH3 is 1. The third-order valence-corrected chi connectivity index (χ3v) is 7.68. The molecular weight excluding hydrogens is 552 g/mol. The molecular formula is C31H28N6O4S. The maximum atomic E-state index is 14.3. The number of fused-ring (bicyclic) bond motifs is 1. The van der Waals surface area contributed by atoms with Gasteiger partial charge in [-0.15, -0.1) is 0 Å². The molecule has 3 amide bonds. The zero-order chi connectivity index (χ0) is 29.8. The van der Waals surface area contributed by atoms with Crippen LogP contribution in [-0.2, 0) is 11.3 Å². The number of amides is 3. The van der Waals surface area contributed by atoms with Gasteiger partial charge in [0.15, 0.2) is 5.69 Å². The van der Waals surface area contributed by atoms with Crippen molar-refractivity contribution in [1.82, 2.24) is 14.7 Å². The minimum absolute atomic E-state index is 0.00228. The van der Waals surface area contributed by atoms with E-state index >= 15 is 0 Å². The first-order valence-electron chi connectivity index (χ1n) is 13.0. The minimum atomic E-state index is -1.13. The summed E-state index contributed by atoms with van der Waals surface area (Å²) in [6.07, 6.45) is 1.69. The number of anilines is 2. The second kappa shape index (κ2) is 12.1. The van der Waals surface area contributed by atoms with Gasteiger partial charge in [0.25, 0.3) is 11.8 Å². The number of para-hydroxylation sites is 1. The average Bonchev–Trinajstić information content (AvgIpc) is 3.40. The van der Waals surface area contributed by atoms with Crippen molar-refractivity contribution in [3.05, 3.63) is 112 Å². The number of hydrogen-bond donors (Lipinski definition) is 3. The maximum Gasteiger partial charge on any atom is 0.273 e. The van der Waals surface area contributed by atoms with Crippen molar-refractivity contribution in [2.24, 2.45) is 5.73 Å². The zero-order valence-corrected chi connectivity index (χ0v) is 23.7. The summed E-state index contributed by atoms with van der Waals surface area (Å²) in [5, 5.41) is 3.79. The second-order valence-electron chi connectivity index (χ2n) is 9.52. The summed E-state index contributed by atoms with van der Waals surface area (Å²) >= 11 is 0.761. The number of nitrogens with two attached hydrogens (primary N) is 2. The number of nitrogens with zero attached hydrogens (tertiary/aromatic N) is 3. The number of pyridine rings is 1. The number of primary amides is 1. The highest BCUT2D eigenvalue weighted by Crippen LogP contribution is 2.35. The number of nitrogen functional groups attached to an aromatic ring is 1. The largest absolute Gasteiger partial charge is 0.497 e. The van der Waals surface area contributed by atoms with Crippen molar-refractivity contribution in [3.63, 3.8) is 0 Å². The van der Waals surface area contributed by atoms with Gasteiger partial charge in [-0.1, -0.05) is 42.5 Å². The first-order valence-corrected chi connectivity index (χ1v) is 13.7. The Balaban J connectivity index is 1.64. The van der Waals surface area contributed by atoms with Gasteiger partial charge in [-0.2, -0.15) is 4.37 Å². The molecule has 0 unspecified atom stereocenters. The van der Waals surface area contributed by atoms with Crippen LogP contribution in [0, 0.1) is 6.92 Å². The predicted octanol–water partition coefficient (Wildman–Crippen LogP) is 4.39. The SMILES string of the molecule is COc1ccc(CNC(=O)[C@H](c2ccc3ncccc3c2)N(C(=O)c2snc(C(N)=O)c2N)c2ccccc2C)cc1. The Hall–Kier alpha value is -5.29. The molecule has 10 nitrogen and oxygen atoms in total. The Morgan fingerprint density at radius 1 is 1.02 bits per heavy atom. The lowest BCUT2D eigenvalue weighted by molar-refractivity contribution is -0.122. The Bertz CT molecular complexity index is 1790. The summed E-state index contributed by atoms with van der Waals surface area (Å²) in [6, 6.07) is 22.5. The topological polar surface area (TPSA) is 154 Å². The van der Waals surface area contributed by atoms with E-state index in [2.05, 4.69) is 14.7 Å². The summed E-state index contributed by atoms with van der Waals surface area (Å²) in [4.78, 5) is 46.2. The molecule has 3 aromatic carbocycles. The summed E-state index contributed by atoms with van der Waals surface area (Å²) in [5.41, 5.74) is 14.7. The first-order chi connectivity index (χ1) is 20.3. The monoisotopic (exact) mass is 580 g/mol. The highest BCUT2D eigenvalue weighted by Gasteiger charge is 2.36. The minimum Gasteiger partial charge on any atom is -0.497 e. The number of benzene rings is 3. The van der Waals surface area contributed by atoms with Crippen LogP contribution in [0.2, 0.25) is 0 Å². The van der Waals surface area contributed by atoms with Crippen molar-refractivity contribution in [1.29, 1.82) is 0 Å². The molecule has 0 saturated carbocycles. The Morgan fingerprint density at radius 2 is 1.79 bits per heavy atom. The molecule has 0 saturated heterocycles. The molecule has 2 heterocycles. The van der Waals surface area contributed by atoms with Crippen molar-refractivity contribution < 1.29 is 19.1 Å². The fraction of sp³-hybridized carbons (Fsp3) is 0.129. The van der Waals surface area contributed by atoms with Crippen LogP contribution in [0.1, 0.15) is 42.9 Å². The summed E-state index contributed by atoms with van der Waals surface area (Å²) in [5.74, 6) is -1.17. The summed E-state index contributed by atoms with van der Waals surface area (Å²) in [7, 11) is 1.58. The van der Waals surface area contributed by atoms with Crippen LogP contribution in [-0.4, -0.2) is 34.2 Å². The fourth-order valence-corrected chi connectivity index (χ4v) is 5.39. The van der Waals surface area contributed by atoms with Crippen LogP contribution in [0.25, 0.3) is 10.9 Å². The van der Waals surface area contributed by atoms with Crippen molar-refractivity contribution in [2.45, 2.75) is 19.5 Å². The molecule has 5 rings (SSSR count). The van der Waals surface area contributed by atoms with Crippen molar-refractivity contribution in [2.75, 3.05) is 17.7 Å². The molecule has 0 radical (unpaired) electrons. The summed E-state index contributed by atoms with van der Waals surface area (Å²) in [6.45, 7) is 2.05. The molecule has 212 valence electrons. The Kier molecular flexibility index (Phi) is 8.12. The molecule has 5 aromatic rings. The van der Waals surface area contributed by atoms with Crippen LogP contribution in [0.4, 0.5) is 11.4 Å². The van der Waals surface area contributed by atoms with Crippen LogP contribution >= 0.6 is 11.5 Å². The van der Waals surface area contributed by atoms with Crippen LogP contribution < -0.4 is 26.4 Å². The van der Waals surface area contributed by atoms with E-state index in [0.29, 0.717) is 17.0 Å². The van der Waals surface area contributed by atoms with Crippen molar-refractivity contribution in [3.8, 4) is 5.75 Å². The smallest absolute Gasteiger partial charge is 0.273 e. The van der Waals surface area contributed by atoms with E-state index in [1.54, 1.807) is 55.8 Å². The van der Waals surface area contributed by atoms with Gasteiger partial charge in [-0.25, -0.2) is 0 Å². The number of hydrogen-bond acceptors (Lipinski definition) is 8. The van der Waals surface area contributed by atoms with Gasteiger partial charge in [-0.3, -0.25) is 24.3 Å². The average molecular weight is 581 g/mol. The second-order valence-corrected chi connectivity index (χ2v) is 10.3. The molecule has 0 aliphatic heterocycles. The van der Waals surface area contributed by atoms with Gasteiger partial charge >= 0.3 is 0 Å². The molecule has 0 spiro atoms. The number of aryl methyl sites for hydroxylation is 1. The molecule has 1 atom stereocenters. The third kappa shape index (κ3) is 5.63. The van der Waals surface area contributed by atoms with E-state index in [0.717, 1.165) is 33.6 Å². The maximum absolute atomic E-state index is 14.3. The first kappa shape index (κ1) is 28.2. The number of aromatic nitrogens is 2. The van der Waals surface area contributed by atoms with Gasteiger partial charge in [0, 0.05) is 23.8 Å². The fourth-order valence-electron chi connectivity index (χ4n) is 4.65. The third-order valence-electron chi connectivity index (χ3n) is 6.82. The van der Waals surface area contributed by atoms with E-state index in [1.165, 1.54) is 4.90 Å². The Morgan fingerprint density at radius 3 is 2.48 bits per heavy atom. The van der Waals surface area contributed by atoms with E-state index in [-0.39, 0.29) is 22.8 Å². The normalized spacial score (nSPS) is 11.6. The molecule has 0 aliphatic carbocycles. The number of rotatable bonds is 9. The van der Waals surface area contributed by atoms with Gasteiger partial charge in [0.1, 0.15) is 16.7 Å². The molecule has 0 bridgehead atoms. The number of carbonyl (C=O) groups is 3. The highest BCUT2D eigenvalue weighted by atomic mass is 32.1. The van der Waals surface area contributed by atoms with Crippen LogP contribution in [0.15, 0.2) is 85.1 Å². The lowest BCUT2D eigenvalue weighted by Gasteiger charge is -2.32. The molecule has 2 aromatic heterocycles.